The number of hydrogen-bond donors (Lipinski definition) is 1. The first kappa shape index (κ1) is 13.6. The molecular formula is C15H23N3O2. The maximum absolute atomic E-state index is 11.6. The SMILES string of the molecule is COC(=O)c1[nH]cc(CN2C[C@@H]3CCN(C)[C@@H]3C2)c1C. The largest absolute Gasteiger partial charge is 0.464 e. The molecule has 0 saturated carbocycles. The van der Waals surface area contributed by atoms with E-state index in [4.69, 9.17) is 4.74 Å². The van der Waals surface area contributed by atoms with Gasteiger partial charge in [-0.3, -0.25) is 4.90 Å². The zero-order chi connectivity index (χ0) is 14.3. The highest BCUT2D eigenvalue weighted by Crippen LogP contribution is 2.31. The molecule has 0 spiro atoms. The van der Waals surface area contributed by atoms with Gasteiger partial charge in [0.15, 0.2) is 0 Å². The maximum atomic E-state index is 11.6. The summed E-state index contributed by atoms with van der Waals surface area (Å²) >= 11 is 0. The molecule has 0 aliphatic carbocycles. The van der Waals surface area contributed by atoms with E-state index >= 15 is 0 Å². The van der Waals surface area contributed by atoms with Gasteiger partial charge in [0.05, 0.1) is 7.11 Å². The number of esters is 1. The first-order valence-electron chi connectivity index (χ1n) is 7.28. The van der Waals surface area contributed by atoms with E-state index in [1.807, 2.05) is 13.1 Å². The first-order valence-corrected chi connectivity index (χ1v) is 7.28. The Morgan fingerprint density at radius 3 is 3.00 bits per heavy atom. The molecule has 1 aromatic rings. The molecule has 3 heterocycles. The van der Waals surface area contributed by atoms with Gasteiger partial charge in [-0.25, -0.2) is 4.79 Å². The number of likely N-dealkylation sites (N-methyl/N-ethyl adjacent to an activating group) is 1. The van der Waals surface area contributed by atoms with Gasteiger partial charge in [0.25, 0.3) is 0 Å². The highest BCUT2D eigenvalue weighted by Gasteiger charge is 2.39. The number of H-pyrrole nitrogens is 1. The van der Waals surface area contributed by atoms with Crippen LogP contribution in [0.1, 0.15) is 28.0 Å². The fourth-order valence-corrected chi connectivity index (χ4v) is 3.64. The Morgan fingerprint density at radius 1 is 1.50 bits per heavy atom. The number of likely N-dealkylation sites (tertiary alicyclic amines) is 2. The Bertz CT molecular complexity index is 511. The van der Waals surface area contributed by atoms with Crippen molar-refractivity contribution in [2.45, 2.75) is 25.9 Å². The molecule has 0 radical (unpaired) electrons. The first-order chi connectivity index (χ1) is 9.60. The van der Waals surface area contributed by atoms with Crippen molar-refractivity contribution in [1.29, 1.82) is 0 Å². The molecule has 2 saturated heterocycles. The van der Waals surface area contributed by atoms with E-state index < -0.39 is 0 Å². The fraction of sp³-hybridized carbons (Fsp3) is 0.667. The van der Waals surface area contributed by atoms with Crippen LogP contribution in [-0.2, 0) is 11.3 Å². The van der Waals surface area contributed by atoms with E-state index in [-0.39, 0.29) is 5.97 Å². The van der Waals surface area contributed by atoms with Crippen LogP contribution in [0.15, 0.2) is 6.20 Å². The van der Waals surface area contributed by atoms with Crippen LogP contribution in [0.5, 0.6) is 0 Å². The van der Waals surface area contributed by atoms with Crippen molar-refractivity contribution in [2.75, 3.05) is 33.8 Å². The molecule has 0 amide bonds. The predicted octanol–water partition coefficient (Wildman–Crippen LogP) is 1.25. The molecule has 1 N–H and O–H groups in total. The summed E-state index contributed by atoms with van der Waals surface area (Å²) in [5, 5.41) is 0. The summed E-state index contributed by atoms with van der Waals surface area (Å²) in [6.07, 6.45) is 3.26. The molecule has 110 valence electrons. The summed E-state index contributed by atoms with van der Waals surface area (Å²) in [5.41, 5.74) is 2.80. The van der Waals surface area contributed by atoms with Gasteiger partial charge in [-0.15, -0.1) is 0 Å². The van der Waals surface area contributed by atoms with Gasteiger partial charge in [-0.2, -0.15) is 0 Å². The highest BCUT2D eigenvalue weighted by molar-refractivity contribution is 5.89. The topological polar surface area (TPSA) is 48.6 Å². The highest BCUT2D eigenvalue weighted by atomic mass is 16.5. The molecule has 2 fully saturated rings. The second-order valence-corrected chi connectivity index (χ2v) is 6.10. The van der Waals surface area contributed by atoms with Crippen LogP contribution < -0.4 is 0 Å². The third-order valence-electron chi connectivity index (χ3n) is 4.93. The number of ether oxygens (including phenoxy) is 1. The van der Waals surface area contributed by atoms with Crippen LogP contribution in [0.4, 0.5) is 0 Å². The van der Waals surface area contributed by atoms with E-state index in [0.29, 0.717) is 11.7 Å². The second-order valence-electron chi connectivity index (χ2n) is 6.10. The molecule has 0 aromatic carbocycles. The normalized spacial score (nSPS) is 26.9. The van der Waals surface area contributed by atoms with E-state index in [2.05, 4.69) is 21.8 Å². The summed E-state index contributed by atoms with van der Waals surface area (Å²) in [5.74, 6) is 0.533. The lowest BCUT2D eigenvalue weighted by Crippen LogP contribution is -2.31. The number of fused-ring (bicyclic) bond motifs is 1. The quantitative estimate of drug-likeness (QED) is 0.845. The molecule has 2 atom stereocenters. The van der Waals surface area contributed by atoms with Gasteiger partial charge >= 0.3 is 5.97 Å². The minimum absolute atomic E-state index is 0.285. The van der Waals surface area contributed by atoms with Crippen molar-refractivity contribution in [1.82, 2.24) is 14.8 Å². The Morgan fingerprint density at radius 2 is 2.30 bits per heavy atom. The van der Waals surface area contributed by atoms with Crippen LogP contribution in [0.2, 0.25) is 0 Å². The maximum Gasteiger partial charge on any atom is 0.354 e. The number of nitrogens with zero attached hydrogens (tertiary/aromatic N) is 2. The molecule has 5 nitrogen and oxygen atoms in total. The third kappa shape index (κ3) is 2.25. The molecule has 5 heteroatoms. The van der Waals surface area contributed by atoms with E-state index in [1.165, 1.54) is 32.2 Å². The van der Waals surface area contributed by atoms with Gasteiger partial charge in [-0.1, -0.05) is 0 Å². The smallest absolute Gasteiger partial charge is 0.354 e. The average molecular weight is 277 g/mol. The number of nitrogens with one attached hydrogen (secondary N) is 1. The molecular weight excluding hydrogens is 254 g/mol. The Hall–Kier alpha value is -1.33. The van der Waals surface area contributed by atoms with Gasteiger partial charge in [0.1, 0.15) is 5.69 Å². The Labute approximate surface area is 119 Å². The van der Waals surface area contributed by atoms with Crippen LogP contribution in [0, 0.1) is 12.8 Å². The number of rotatable bonds is 3. The minimum Gasteiger partial charge on any atom is -0.464 e. The summed E-state index contributed by atoms with van der Waals surface area (Å²) in [6.45, 7) is 6.45. The van der Waals surface area contributed by atoms with Crippen LogP contribution >= 0.6 is 0 Å². The number of methoxy groups -OCH3 is 1. The van der Waals surface area contributed by atoms with Gasteiger partial charge in [0.2, 0.25) is 0 Å². The van der Waals surface area contributed by atoms with Crippen molar-refractivity contribution in [3.05, 3.63) is 23.0 Å². The molecule has 2 aliphatic heterocycles. The van der Waals surface area contributed by atoms with E-state index in [0.717, 1.165) is 24.6 Å². The van der Waals surface area contributed by atoms with Crippen LogP contribution in [0.25, 0.3) is 0 Å². The second kappa shape index (κ2) is 5.22. The molecule has 1 aromatic heterocycles. The molecule has 2 aliphatic rings. The van der Waals surface area contributed by atoms with Crippen molar-refractivity contribution < 1.29 is 9.53 Å². The lowest BCUT2D eigenvalue weighted by molar-refractivity contribution is 0.0594. The lowest BCUT2D eigenvalue weighted by Gasteiger charge is -2.20. The van der Waals surface area contributed by atoms with Crippen molar-refractivity contribution >= 4 is 5.97 Å². The molecule has 0 unspecified atom stereocenters. The van der Waals surface area contributed by atoms with Gasteiger partial charge in [-0.05, 0) is 44.0 Å². The zero-order valence-electron chi connectivity index (χ0n) is 12.5. The molecule has 3 rings (SSSR count). The molecule has 20 heavy (non-hydrogen) atoms. The van der Waals surface area contributed by atoms with Crippen molar-refractivity contribution in [2.24, 2.45) is 5.92 Å². The van der Waals surface area contributed by atoms with E-state index in [1.54, 1.807) is 0 Å². The van der Waals surface area contributed by atoms with Gasteiger partial charge in [0, 0.05) is 31.9 Å². The Balaban J connectivity index is 1.68. The fourth-order valence-electron chi connectivity index (χ4n) is 3.64. The zero-order valence-corrected chi connectivity index (χ0v) is 12.5. The van der Waals surface area contributed by atoms with E-state index in [9.17, 15) is 4.79 Å². The van der Waals surface area contributed by atoms with Crippen molar-refractivity contribution in [3.8, 4) is 0 Å². The number of aromatic nitrogens is 1. The number of carbonyl (C=O) groups is 1. The average Bonchev–Trinajstić information content (AvgIpc) is 3.09. The number of carbonyl (C=O) groups excluding carboxylic acids is 1. The summed E-state index contributed by atoms with van der Waals surface area (Å²) in [4.78, 5) is 19.6. The number of hydrogen-bond acceptors (Lipinski definition) is 4. The lowest BCUT2D eigenvalue weighted by atomic mass is 10.1. The molecule has 0 bridgehead atoms. The van der Waals surface area contributed by atoms with Gasteiger partial charge < -0.3 is 14.6 Å². The summed E-state index contributed by atoms with van der Waals surface area (Å²) in [7, 11) is 3.64. The third-order valence-corrected chi connectivity index (χ3v) is 4.93. The summed E-state index contributed by atoms with van der Waals surface area (Å²) < 4.78 is 4.78. The predicted molar refractivity (Wildman–Crippen MR) is 76.7 cm³/mol. The monoisotopic (exact) mass is 277 g/mol. The Kier molecular flexibility index (Phi) is 3.56. The van der Waals surface area contributed by atoms with Crippen LogP contribution in [0.3, 0.4) is 0 Å². The minimum atomic E-state index is -0.285. The summed E-state index contributed by atoms with van der Waals surface area (Å²) in [6, 6.07) is 0.717. The van der Waals surface area contributed by atoms with Crippen LogP contribution in [-0.4, -0.2) is 60.6 Å². The number of aromatic amines is 1. The standard InChI is InChI=1S/C15H23N3O2/c1-10-12(6-16-14(10)15(19)20-3)8-18-7-11-4-5-17(2)13(11)9-18/h6,11,13,16H,4-5,7-9H2,1-3H3/t11-,13+/m0/s1. The van der Waals surface area contributed by atoms with Crippen molar-refractivity contribution in [3.63, 3.8) is 0 Å².